The van der Waals surface area contributed by atoms with Crippen molar-refractivity contribution in [1.29, 1.82) is 0 Å². The first kappa shape index (κ1) is 14.3. The van der Waals surface area contributed by atoms with E-state index < -0.39 is 5.54 Å². The first-order chi connectivity index (χ1) is 9.97. The second kappa shape index (κ2) is 4.94. The third kappa shape index (κ3) is 2.00. The third-order valence-corrected chi connectivity index (χ3v) is 5.09. The summed E-state index contributed by atoms with van der Waals surface area (Å²) in [6.45, 7) is 2.03. The van der Waals surface area contributed by atoms with E-state index in [2.05, 4.69) is 22.6 Å². The summed E-state index contributed by atoms with van der Waals surface area (Å²) < 4.78 is 0.702. The molecule has 1 aromatic carbocycles. The molecule has 1 aliphatic carbocycles. The number of benzene rings is 1. The van der Waals surface area contributed by atoms with Gasteiger partial charge in [-0.1, -0.05) is 24.3 Å². The Morgan fingerprint density at radius 2 is 1.71 bits per heavy atom. The standard InChI is InChI=1S/C17H14INO2/c1-11-5-3-4-6-13(11)14-15(18)16(21)19(2)17(14)9-7-12(20)8-10-17/h3-10H,1-2H3. The van der Waals surface area contributed by atoms with Crippen molar-refractivity contribution in [3.8, 4) is 0 Å². The molecule has 2 aliphatic rings. The van der Waals surface area contributed by atoms with Crippen LogP contribution in [-0.4, -0.2) is 29.2 Å². The van der Waals surface area contributed by atoms with Crippen LogP contribution in [0.5, 0.6) is 0 Å². The van der Waals surface area contributed by atoms with Gasteiger partial charge in [-0.05, 0) is 64.9 Å². The van der Waals surface area contributed by atoms with E-state index in [4.69, 9.17) is 0 Å². The van der Waals surface area contributed by atoms with Gasteiger partial charge in [-0.15, -0.1) is 0 Å². The normalized spacial score (nSPS) is 20.0. The number of hydrogen-bond acceptors (Lipinski definition) is 2. The van der Waals surface area contributed by atoms with Gasteiger partial charge in [0.05, 0.1) is 3.58 Å². The van der Waals surface area contributed by atoms with Crippen molar-refractivity contribution >= 4 is 39.9 Å². The maximum atomic E-state index is 12.5. The molecular formula is C17H14INO2. The van der Waals surface area contributed by atoms with Crippen molar-refractivity contribution in [3.63, 3.8) is 0 Å². The van der Waals surface area contributed by atoms with Crippen LogP contribution in [0.3, 0.4) is 0 Å². The molecule has 0 radical (unpaired) electrons. The molecule has 1 amide bonds. The molecule has 0 bridgehead atoms. The lowest BCUT2D eigenvalue weighted by molar-refractivity contribution is -0.125. The molecular weight excluding hydrogens is 377 g/mol. The summed E-state index contributed by atoms with van der Waals surface area (Å²) in [4.78, 5) is 25.6. The fraction of sp³-hybridized carbons (Fsp3) is 0.176. The molecule has 0 saturated heterocycles. The van der Waals surface area contributed by atoms with Gasteiger partial charge in [0.1, 0.15) is 5.54 Å². The summed E-state index contributed by atoms with van der Waals surface area (Å²) in [6, 6.07) is 8.01. The van der Waals surface area contributed by atoms with E-state index in [0.29, 0.717) is 3.58 Å². The number of halogens is 1. The van der Waals surface area contributed by atoms with E-state index in [1.54, 1.807) is 11.9 Å². The van der Waals surface area contributed by atoms with Crippen LogP contribution in [0.1, 0.15) is 11.1 Å². The Labute approximate surface area is 137 Å². The molecule has 0 saturated carbocycles. The van der Waals surface area contributed by atoms with Gasteiger partial charge in [-0.25, -0.2) is 0 Å². The van der Waals surface area contributed by atoms with E-state index in [0.717, 1.165) is 16.7 Å². The molecule has 0 N–H and O–H groups in total. The zero-order chi connectivity index (χ0) is 15.2. The van der Waals surface area contributed by atoms with Crippen LogP contribution < -0.4 is 0 Å². The molecule has 1 aromatic rings. The Hall–Kier alpha value is -1.69. The molecule has 1 heterocycles. The van der Waals surface area contributed by atoms with E-state index >= 15 is 0 Å². The Kier molecular flexibility index (Phi) is 3.36. The van der Waals surface area contributed by atoms with Gasteiger partial charge >= 0.3 is 0 Å². The Morgan fingerprint density at radius 3 is 2.33 bits per heavy atom. The van der Waals surface area contributed by atoms with E-state index in [1.165, 1.54) is 12.2 Å². The molecule has 3 nitrogen and oxygen atoms in total. The Balaban J connectivity index is 2.27. The summed E-state index contributed by atoms with van der Waals surface area (Å²) >= 11 is 2.11. The summed E-state index contributed by atoms with van der Waals surface area (Å²) in [5.74, 6) is -0.0648. The lowest BCUT2D eigenvalue weighted by Gasteiger charge is -2.35. The van der Waals surface area contributed by atoms with Gasteiger partial charge in [0.25, 0.3) is 5.91 Å². The Bertz CT molecular complexity index is 727. The van der Waals surface area contributed by atoms with Crippen molar-refractivity contribution in [2.24, 2.45) is 0 Å². The van der Waals surface area contributed by atoms with Gasteiger partial charge in [0, 0.05) is 12.6 Å². The minimum atomic E-state index is -0.659. The van der Waals surface area contributed by atoms with Gasteiger partial charge < -0.3 is 4.90 Å². The molecule has 3 rings (SSSR count). The van der Waals surface area contributed by atoms with Crippen LogP contribution in [0.25, 0.3) is 5.57 Å². The highest BCUT2D eigenvalue weighted by Crippen LogP contribution is 2.47. The molecule has 1 spiro atoms. The summed E-state index contributed by atoms with van der Waals surface area (Å²) in [5.41, 5.74) is 2.45. The lowest BCUT2D eigenvalue weighted by Crippen LogP contribution is -2.43. The van der Waals surface area contributed by atoms with Crippen LogP contribution in [0.2, 0.25) is 0 Å². The fourth-order valence-electron chi connectivity index (χ4n) is 2.87. The van der Waals surface area contributed by atoms with Crippen molar-refractivity contribution in [2.45, 2.75) is 12.5 Å². The van der Waals surface area contributed by atoms with Crippen LogP contribution in [0.15, 0.2) is 52.1 Å². The molecule has 0 fully saturated rings. The Morgan fingerprint density at radius 1 is 1.10 bits per heavy atom. The predicted octanol–water partition coefficient (Wildman–Crippen LogP) is 3.05. The average molecular weight is 391 g/mol. The van der Waals surface area contributed by atoms with Crippen molar-refractivity contribution < 1.29 is 9.59 Å². The van der Waals surface area contributed by atoms with Gasteiger partial charge in [-0.2, -0.15) is 0 Å². The first-order valence-corrected chi connectivity index (χ1v) is 7.72. The van der Waals surface area contributed by atoms with Crippen LogP contribution in [0.4, 0.5) is 0 Å². The monoisotopic (exact) mass is 391 g/mol. The molecule has 0 aromatic heterocycles. The topological polar surface area (TPSA) is 37.4 Å². The minimum absolute atomic E-state index is 0.0162. The summed E-state index contributed by atoms with van der Waals surface area (Å²) in [7, 11) is 1.77. The average Bonchev–Trinajstić information content (AvgIpc) is 2.66. The number of carbonyl (C=O) groups excluding carboxylic acids is 2. The third-order valence-electron chi connectivity index (χ3n) is 4.09. The van der Waals surface area contributed by atoms with Gasteiger partial charge in [0.2, 0.25) is 0 Å². The molecule has 1 aliphatic heterocycles. The fourth-order valence-corrected chi connectivity index (χ4v) is 3.96. The highest BCUT2D eigenvalue weighted by Gasteiger charge is 2.47. The predicted molar refractivity (Wildman–Crippen MR) is 90.9 cm³/mol. The maximum Gasteiger partial charge on any atom is 0.261 e. The van der Waals surface area contributed by atoms with Crippen LogP contribution in [-0.2, 0) is 9.59 Å². The second-order valence-electron chi connectivity index (χ2n) is 5.26. The number of amides is 1. The second-order valence-corrected chi connectivity index (χ2v) is 6.34. The highest BCUT2D eigenvalue weighted by atomic mass is 127. The molecule has 0 unspecified atom stereocenters. The summed E-state index contributed by atoms with van der Waals surface area (Å²) in [5, 5.41) is 0. The molecule has 106 valence electrons. The largest absolute Gasteiger partial charge is 0.324 e. The van der Waals surface area contributed by atoms with E-state index in [9.17, 15) is 9.59 Å². The summed E-state index contributed by atoms with van der Waals surface area (Å²) in [6.07, 6.45) is 6.72. The van der Waals surface area contributed by atoms with Gasteiger partial charge in [0.15, 0.2) is 5.78 Å². The number of allylic oxidation sites excluding steroid dienone is 2. The van der Waals surface area contributed by atoms with E-state index in [1.807, 2.05) is 43.3 Å². The van der Waals surface area contributed by atoms with Crippen molar-refractivity contribution in [1.82, 2.24) is 4.90 Å². The number of likely N-dealkylation sites (N-methyl/N-ethyl adjacent to an activating group) is 1. The van der Waals surface area contributed by atoms with E-state index in [-0.39, 0.29) is 11.7 Å². The smallest absolute Gasteiger partial charge is 0.261 e. The van der Waals surface area contributed by atoms with Crippen molar-refractivity contribution in [2.75, 3.05) is 7.05 Å². The molecule has 0 atom stereocenters. The number of aryl methyl sites for hydroxylation is 1. The quantitative estimate of drug-likeness (QED) is 0.691. The zero-order valence-electron chi connectivity index (χ0n) is 11.8. The molecule has 4 heteroatoms. The first-order valence-electron chi connectivity index (χ1n) is 6.64. The van der Waals surface area contributed by atoms with Gasteiger partial charge in [-0.3, -0.25) is 9.59 Å². The number of carbonyl (C=O) groups is 2. The molecule has 21 heavy (non-hydrogen) atoms. The van der Waals surface area contributed by atoms with Crippen LogP contribution in [0, 0.1) is 6.92 Å². The number of hydrogen-bond donors (Lipinski definition) is 0. The zero-order valence-corrected chi connectivity index (χ0v) is 13.9. The highest BCUT2D eigenvalue weighted by molar-refractivity contribution is 14.1. The maximum absolute atomic E-state index is 12.5. The number of nitrogens with zero attached hydrogens (tertiary/aromatic N) is 1. The lowest BCUT2D eigenvalue weighted by atomic mass is 9.81. The van der Waals surface area contributed by atoms with Crippen LogP contribution >= 0.6 is 22.6 Å². The van der Waals surface area contributed by atoms with Crippen molar-refractivity contribution in [3.05, 3.63) is 63.3 Å². The number of rotatable bonds is 1. The minimum Gasteiger partial charge on any atom is -0.324 e. The SMILES string of the molecule is Cc1ccccc1C1=C(I)C(=O)N(C)C12C=CC(=O)C=C2. The number of ketones is 1.